The van der Waals surface area contributed by atoms with Gasteiger partial charge in [-0.1, -0.05) is 170 Å². The van der Waals surface area contributed by atoms with Crippen molar-refractivity contribution in [3.8, 4) is 56.7 Å². The molecule has 0 aliphatic rings. The fourth-order valence-corrected chi connectivity index (χ4v) is 7.47. The van der Waals surface area contributed by atoms with E-state index in [1.165, 1.54) is 4.57 Å². The zero-order valence-corrected chi connectivity index (χ0v) is 29.5. The molecule has 0 bridgehead atoms. The van der Waals surface area contributed by atoms with Crippen molar-refractivity contribution in [2.45, 2.75) is 0 Å². The lowest BCUT2D eigenvalue weighted by atomic mass is 10.0. The highest BCUT2D eigenvalue weighted by Gasteiger charge is 2.23. The Kier molecular flexibility index (Phi) is 5.41. The normalized spacial score (nSPS) is 14.1. The first kappa shape index (κ1) is 23.2. The second kappa shape index (κ2) is 13.0. The monoisotopic (exact) mass is 725 g/mol. The highest BCUT2D eigenvalue weighted by molar-refractivity contribution is 6.26. The van der Waals surface area contributed by atoms with Gasteiger partial charge in [-0.3, -0.25) is 4.57 Å². The van der Waals surface area contributed by atoms with Crippen LogP contribution in [-0.2, 0) is 0 Å². The highest BCUT2D eigenvalue weighted by Crippen LogP contribution is 2.42. The fourth-order valence-electron chi connectivity index (χ4n) is 7.47. The van der Waals surface area contributed by atoms with Crippen molar-refractivity contribution < 1.29 is 13.7 Å². The Balaban J connectivity index is 1.32. The van der Waals surface area contributed by atoms with E-state index in [4.69, 9.17) is 20.4 Å². The summed E-state index contributed by atoms with van der Waals surface area (Å²) in [6.45, 7) is 0. The summed E-state index contributed by atoms with van der Waals surface area (Å²) in [6, 6.07) is 39.2. The van der Waals surface area contributed by atoms with Crippen molar-refractivity contribution >= 4 is 43.6 Å². The van der Waals surface area contributed by atoms with E-state index in [1.54, 1.807) is 16.7 Å². The molecule has 0 aliphatic carbocycles. The van der Waals surface area contributed by atoms with Crippen molar-refractivity contribution in [1.29, 1.82) is 0 Å². The standard InChI is InChI=1S/C51H33N5/c1-4-14-34(15-5-1)36-24-26-39(27-25-36)50-52-49(38-18-8-3-9-19-38)53-51(54-50)56-44-22-12-10-20-41(44)42-32-33-46-47(48(42)56)43-21-11-13-23-45(43)55(46)40-30-28-37(29-31-40)35-16-6-2-7-17-35/h1-33H/i10D,11D,12D,13D,20D,21D,22D,23D,32D,33D. The number of aromatic nitrogens is 5. The summed E-state index contributed by atoms with van der Waals surface area (Å²) in [5.74, 6) is 0.390. The maximum atomic E-state index is 9.75. The fraction of sp³-hybridized carbons (Fsp3) is 0. The molecule has 0 atom stereocenters. The number of fused-ring (bicyclic) bond motifs is 7. The minimum Gasteiger partial charge on any atom is -0.309 e. The lowest BCUT2D eigenvalue weighted by Gasteiger charge is -2.12. The van der Waals surface area contributed by atoms with E-state index in [9.17, 15) is 8.22 Å². The molecular formula is C51H33N5. The van der Waals surface area contributed by atoms with Gasteiger partial charge in [0.2, 0.25) is 5.95 Å². The Hall–Kier alpha value is -7.63. The largest absolute Gasteiger partial charge is 0.309 e. The second-order valence-electron chi connectivity index (χ2n) is 13.3. The van der Waals surface area contributed by atoms with Gasteiger partial charge in [-0.2, -0.15) is 9.97 Å². The molecule has 0 unspecified atom stereocenters. The summed E-state index contributed by atoms with van der Waals surface area (Å²) >= 11 is 0. The molecule has 56 heavy (non-hydrogen) atoms. The van der Waals surface area contributed by atoms with E-state index in [0.717, 1.165) is 22.3 Å². The molecule has 0 radical (unpaired) electrons. The molecule has 0 N–H and O–H groups in total. The summed E-state index contributed by atoms with van der Waals surface area (Å²) in [5, 5.41) is 0.0373. The van der Waals surface area contributed by atoms with E-state index in [2.05, 4.69) is 0 Å². The third kappa shape index (κ3) is 5.21. The predicted octanol–water partition coefficient (Wildman–Crippen LogP) is 12.7. The van der Waals surface area contributed by atoms with Crippen LogP contribution in [0.1, 0.15) is 13.7 Å². The van der Waals surface area contributed by atoms with Crippen LogP contribution in [0.3, 0.4) is 0 Å². The molecule has 0 saturated carbocycles. The maximum absolute atomic E-state index is 9.75. The van der Waals surface area contributed by atoms with Gasteiger partial charge >= 0.3 is 0 Å². The van der Waals surface area contributed by atoms with Crippen LogP contribution in [0.5, 0.6) is 0 Å². The average Bonchev–Trinajstić information content (AvgIpc) is 3.91. The van der Waals surface area contributed by atoms with Crippen LogP contribution in [0.15, 0.2) is 200 Å². The van der Waals surface area contributed by atoms with Crippen LogP contribution in [-0.4, -0.2) is 24.1 Å². The van der Waals surface area contributed by atoms with Crippen LogP contribution in [0.4, 0.5) is 0 Å². The minimum atomic E-state index is -0.555. The van der Waals surface area contributed by atoms with E-state index >= 15 is 0 Å². The number of rotatable bonds is 6. The van der Waals surface area contributed by atoms with E-state index in [1.807, 2.05) is 127 Å². The molecule has 0 amide bonds. The van der Waals surface area contributed by atoms with Gasteiger partial charge in [0.05, 0.1) is 35.8 Å². The zero-order chi connectivity index (χ0) is 45.7. The third-order valence-corrected chi connectivity index (χ3v) is 10.1. The molecule has 262 valence electrons. The first-order valence-electron chi connectivity index (χ1n) is 23.1. The van der Waals surface area contributed by atoms with Gasteiger partial charge in [-0.15, -0.1) is 0 Å². The molecule has 11 rings (SSSR count). The van der Waals surface area contributed by atoms with Crippen molar-refractivity contribution in [3.63, 3.8) is 0 Å². The van der Waals surface area contributed by atoms with Crippen molar-refractivity contribution in [2.24, 2.45) is 0 Å². The second-order valence-corrected chi connectivity index (χ2v) is 13.3. The van der Waals surface area contributed by atoms with Crippen LogP contribution in [0.25, 0.3) is 100 Å². The molecule has 3 heterocycles. The zero-order valence-electron chi connectivity index (χ0n) is 39.5. The first-order chi connectivity index (χ1) is 31.9. The smallest absolute Gasteiger partial charge is 0.238 e. The van der Waals surface area contributed by atoms with Gasteiger partial charge in [-0.25, -0.2) is 4.98 Å². The molecule has 5 heteroatoms. The molecular weight excluding hydrogens is 683 g/mol. The molecule has 3 aromatic heterocycles. The Morgan fingerprint density at radius 2 is 0.821 bits per heavy atom. The van der Waals surface area contributed by atoms with Gasteiger partial charge in [0, 0.05) is 38.4 Å². The molecule has 11 aromatic rings. The van der Waals surface area contributed by atoms with Crippen LogP contribution < -0.4 is 0 Å². The van der Waals surface area contributed by atoms with Crippen LogP contribution in [0.2, 0.25) is 0 Å². The third-order valence-electron chi connectivity index (χ3n) is 10.1. The SMILES string of the molecule is [2H]c1c([2H])c([2H])c2c(c1[2H])c1c(c([2H])c([2H])c3c4c([2H])c([2H])c([2H])c([2H])c4n(-c4nc(-c5ccccc5)nc(-c5ccc(-c6ccccc6)cc5)n4)c31)n2-c1ccc(-c2ccccc2)cc1. The summed E-state index contributed by atoms with van der Waals surface area (Å²) < 4.78 is 95.5. The van der Waals surface area contributed by atoms with Crippen LogP contribution >= 0.6 is 0 Å². The molecule has 8 aromatic carbocycles. The van der Waals surface area contributed by atoms with Crippen molar-refractivity contribution in [3.05, 3.63) is 200 Å². The van der Waals surface area contributed by atoms with E-state index in [0.29, 0.717) is 16.8 Å². The number of benzene rings is 8. The Morgan fingerprint density at radius 1 is 0.357 bits per heavy atom. The van der Waals surface area contributed by atoms with Gasteiger partial charge < -0.3 is 4.57 Å². The quantitative estimate of drug-likeness (QED) is 0.171. The molecule has 0 saturated heterocycles. The summed E-state index contributed by atoms with van der Waals surface area (Å²) in [5.41, 5.74) is 5.59. The first-order valence-corrected chi connectivity index (χ1v) is 18.1. The lowest BCUT2D eigenvalue weighted by molar-refractivity contribution is 0.955. The predicted molar refractivity (Wildman–Crippen MR) is 230 cm³/mol. The molecule has 0 fully saturated rings. The minimum absolute atomic E-state index is 0.0232. The Labute approximate surface area is 337 Å². The van der Waals surface area contributed by atoms with Gasteiger partial charge in [0.15, 0.2) is 11.6 Å². The number of nitrogens with zero attached hydrogens (tertiary/aromatic N) is 5. The van der Waals surface area contributed by atoms with Gasteiger partial charge in [0.1, 0.15) is 0 Å². The van der Waals surface area contributed by atoms with Crippen molar-refractivity contribution in [1.82, 2.24) is 24.1 Å². The number of hydrogen-bond acceptors (Lipinski definition) is 3. The Bertz CT molecular complexity index is 3780. The summed E-state index contributed by atoms with van der Waals surface area (Å²) in [7, 11) is 0. The number of hydrogen-bond donors (Lipinski definition) is 0. The van der Waals surface area contributed by atoms with E-state index in [-0.39, 0.29) is 79.3 Å². The maximum Gasteiger partial charge on any atom is 0.238 e. The molecule has 0 aliphatic heterocycles. The van der Waals surface area contributed by atoms with Gasteiger partial charge in [0.25, 0.3) is 0 Å². The average molecular weight is 726 g/mol. The Morgan fingerprint density at radius 3 is 1.43 bits per heavy atom. The lowest BCUT2D eigenvalue weighted by Crippen LogP contribution is -2.06. The highest BCUT2D eigenvalue weighted by atomic mass is 15.2. The summed E-state index contributed by atoms with van der Waals surface area (Å²) in [4.78, 5) is 15.0. The van der Waals surface area contributed by atoms with Crippen molar-refractivity contribution in [2.75, 3.05) is 0 Å². The summed E-state index contributed by atoms with van der Waals surface area (Å²) in [6.07, 6.45) is 0. The molecule has 0 spiro atoms. The topological polar surface area (TPSA) is 48.5 Å². The number of para-hydroxylation sites is 2. The van der Waals surface area contributed by atoms with Crippen LogP contribution in [0, 0.1) is 0 Å². The molecule has 5 nitrogen and oxygen atoms in total. The van der Waals surface area contributed by atoms with E-state index < -0.39 is 42.3 Å². The van der Waals surface area contributed by atoms with Gasteiger partial charge in [-0.05, 0) is 52.5 Å².